The zero-order chi connectivity index (χ0) is 33.3. The molecule has 250 valence electrons. The van der Waals surface area contributed by atoms with Crippen LogP contribution in [-0.2, 0) is 28.0 Å². The maximum atomic E-state index is 12.5. The van der Waals surface area contributed by atoms with Crippen LogP contribution in [0.3, 0.4) is 0 Å². The first-order valence-electron chi connectivity index (χ1n) is 15.6. The van der Waals surface area contributed by atoms with Gasteiger partial charge in [0.05, 0.1) is 41.3 Å². The predicted molar refractivity (Wildman–Crippen MR) is 178 cm³/mol. The zero-order valence-corrected chi connectivity index (χ0v) is 31.0. The Morgan fingerprint density at radius 1 is 0.698 bits per heavy atom. The van der Waals surface area contributed by atoms with Crippen LogP contribution in [0.15, 0.2) is 12.2 Å². The number of amides is 3. The summed E-state index contributed by atoms with van der Waals surface area (Å²) in [7, 11) is 5.73. The molecular weight excluding hydrogens is 583 g/mol. The fourth-order valence-corrected chi connectivity index (χ4v) is 13.9. The number of ether oxygens (including phenoxy) is 1. The summed E-state index contributed by atoms with van der Waals surface area (Å²) in [4.78, 5) is 47.9. The van der Waals surface area contributed by atoms with E-state index >= 15 is 0 Å². The molecular formula is C30H63N5O6Si2+2. The van der Waals surface area contributed by atoms with E-state index in [4.69, 9.17) is 8.85 Å². The smallest absolute Gasteiger partial charge is 0.333 e. The Morgan fingerprint density at radius 3 is 1.58 bits per heavy atom. The molecule has 0 heterocycles. The molecule has 0 aliphatic rings. The van der Waals surface area contributed by atoms with Crippen molar-refractivity contribution in [3.63, 3.8) is 0 Å². The van der Waals surface area contributed by atoms with Crippen LogP contribution in [-0.4, -0.2) is 130 Å². The molecule has 0 atom stereocenters. The van der Waals surface area contributed by atoms with E-state index in [-0.39, 0.29) is 36.8 Å². The molecule has 11 nitrogen and oxygen atoms in total. The lowest BCUT2D eigenvalue weighted by atomic mass is 10.3. The highest BCUT2D eigenvalue weighted by molar-refractivity contribution is 6.84. The van der Waals surface area contributed by atoms with Gasteiger partial charge in [0.25, 0.3) is 17.7 Å². The molecule has 0 aliphatic heterocycles. The van der Waals surface area contributed by atoms with Crippen LogP contribution < -0.4 is 16.0 Å². The third kappa shape index (κ3) is 22.2. The minimum absolute atomic E-state index is 0.0343. The monoisotopic (exact) mass is 645 g/mol. The van der Waals surface area contributed by atoms with Gasteiger partial charge in [-0.2, -0.15) is 0 Å². The average molecular weight is 646 g/mol. The van der Waals surface area contributed by atoms with Crippen molar-refractivity contribution >= 4 is 40.3 Å². The van der Waals surface area contributed by atoms with Gasteiger partial charge in [0, 0.05) is 32.1 Å². The van der Waals surface area contributed by atoms with E-state index in [1.807, 2.05) is 28.2 Å². The Balaban J connectivity index is 4.19. The number of rotatable bonds is 23. The Kier molecular flexibility index (Phi) is 18.4. The third-order valence-electron chi connectivity index (χ3n) is 7.09. The summed E-state index contributed by atoms with van der Waals surface area (Å²) >= 11 is 0. The maximum Gasteiger partial charge on any atom is 0.333 e. The second kappa shape index (κ2) is 19.3. The van der Waals surface area contributed by atoms with Crippen molar-refractivity contribution in [3.05, 3.63) is 12.2 Å². The highest BCUT2D eigenvalue weighted by atomic mass is 28.4. The molecule has 0 rings (SSSR count). The van der Waals surface area contributed by atoms with Gasteiger partial charge in [-0.05, 0) is 58.0 Å². The van der Waals surface area contributed by atoms with Crippen LogP contribution in [0.2, 0.25) is 38.3 Å². The van der Waals surface area contributed by atoms with E-state index in [2.05, 4.69) is 48.7 Å². The van der Waals surface area contributed by atoms with Crippen molar-refractivity contribution < 1.29 is 37.0 Å². The van der Waals surface area contributed by atoms with Crippen LogP contribution in [0.1, 0.15) is 39.0 Å². The van der Waals surface area contributed by atoms with Gasteiger partial charge in [-0.1, -0.05) is 19.4 Å². The van der Waals surface area contributed by atoms with Crippen LogP contribution in [0.25, 0.3) is 0 Å². The van der Waals surface area contributed by atoms with Crippen molar-refractivity contribution in [1.82, 2.24) is 16.0 Å². The fourth-order valence-electron chi connectivity index (χ4n) is 4.93. The fraction of sp³-hybridized carbons (Fsp3) is 0.800. The first kappa shape index (κ1) is 40.9. The lowest BCUT2D eigenvalue weighted by molar-refractivity contribution is -0.882. The highest BCUT2D eigenvalue weighted by Crippen LogP contribution is 2.24. The minimum Gasteiger partial charge on any atom is -0.462 e. The number of carbonyl (C=O) groups is 4. The number of carbonyl (C=O) groups excluding carboxylic acids is 4. The Bertz CT molecular complexity index is 925. The van der Waals surface area contributed by atoms with E-state index in [1.54, 1.807) is 14.0 Å². The zero-order valence-electron chi connectivity index (χ0n) is 29.0. The summed E-state index contributed by atoms with van der Waals surface area (Å²) in [6, 6.07) is 2.11. The second-order valence-corrected chi connectivity index (χ2v) is 23.1. The molecule has 0 radical (unpaired) electrons. The molecule has 3 amide bonds. The second-order valence-electron chi connectivity index (χ2n) is 14.2. The van der Waals surface area contributed by atoms with Gasteiger partial charge in [0.2, 0.25) is 0 Å². The summed E-state index contributed by atoms with van der Waals surface area (Å²) in [6.07, 6.45) is 4.57. The van der Waals surface area contributed by atoms with Crippen molar-refractivity contribution in [2.24, 2.45) is 0 Å². The topological polar surface area (TPSA) is 123 Å². The van der Waals surface area contributed by atoms with Gasteiger partial charge < -0.3 is 33.8 Å². The van der Waals surface area contributed by atoms with Crippen LogP contribution in [0.4, 0.5) is 0 Å². The Hall–Kier alpha value is -2.07. The number of nitrogens with one attached hydrogen (secondary N) is 3. The normalized spacial score (nSPS) is 12.4. The molecule has 0 bridgehead atoms. The number of likely N-dealkylation sites (N-methyl/N-ethyl adjacent to an activating group) is 3. The number of unbranched alkanes of at least 4 members (excludes halogenated alkanes) is 2. The summed E-state index contributed by atoms with van der Waals surface area (Å²) in [5.41, 5.74) is 0.392. The number of hydrogen-bond donors (Lipinski definition) is 3. The molecule has 0 saturated carbocycles. The largest absolute Gasteiger partial charge is 0.462 e. The molecule has 0 aliphatic carbocycles. The summed E-state index contributed by atoms with van der Waals surface area (Å²) in [6.45, 7) is 17.6. The standard InChI is InChI=1S/C30H61N5O6Si2/c1-26(2)30(39)40-20-16-19-34(4,5)24-28(37)32-17-12-14-21-42(8,9)41-43(10,11)22-15-13-18-33-29(38)25-35(6,7)23-27(36)31-3/h1,12-25H2,2-11H3,(H-2,31,32,33,36,37,38)/p+2. The van der Waals surface area contributed by atoms with Crippen LogP contribution >= 0.6 is 0 Å². The van der Waals surface area contributed by atoms with Crippen molar-refractivity contribution in [2.75, 3.05) is 81.1 Å². The first-order chi connectivity index (χ1) is 19.7. The van der Waals surface area contributed by atoms with Gasteiger partial charge >= 0.3 is 5.97 Å². The Morgan fingerprint density at radius 2 is 1.14 bits per heavy atom. The molecule has 0 aromatic carbocycles. The van der Waals surface area contributed by atoms with Gasteiger partial charge in [0.1, 0.15) is 0 Å². The summed E-state index contributed by atoms with van der Waals surface area (Å²) in [5.74, 6) is -0.451. The molecule has 0 aromatic heterocycles. The number of quaternary nitrogens is 2. The Labute approximate surface area is 263 Å². The average Bonchev–Trinajstić information content (AvgIpc) is 2.84. The lowest BCUT2D eigenvalue weighted by Crippen LogP contribution is -2.52. The summed E-state index contributed by atoms with van der Waals surface area (Å²) < 4.78 is 12.8. The van der Waals surface area contributed by atoms with Crippen LogP contribution in [0.5, 0.6) is 0 Å². The van der Waals surface area contributed by atoms with Gasteiger partial charge in [0.15, 0.2) is 36.3 Å². The first-order valence-corrected chi connectivity index (χ1v) is 21.8. The van der Waals surface area contributed by atoms with Gasteiger partial charge in [-0.3, -0.25) is 14.4 Å². The van der Waals surface area contributed by atoms with E-state index in [9.17, 15) is 19.2 Å². The quantitative estimate of drug-likeness (QED) is 0.0517. The SMILES string of the molecule is C=C(C)C(=O)OCCC[N+](C)(C)CC(=O)NCCCC[Si](C)(C)O[Si](C)(C)CCCCNC(=O)C[N+](C)(C)CC(=O)NC. The van der Waals surface area contributed by atoms with E-state index in [0.717, 1.165) is 44.3 Å². The van der Waals surface area contributed by atoms with Gasteiger partial charge in [-0.15, -0.1) is 0 Å². The van der Waals surface area contributed by atoms with Gasteiger partial charge in [-0.25, -0.2) is 4.79 Å². The molecule has 43 heavy (non-hydrogen) atoms. The number of hydrogen-bond acceptors (Lipinski definition) is 6. The predicted octanol–water partition coefficient (Wildman–Crippen LogP) is 2.61. The molecule has 0 saturated heterocycles. The summed E-state index contributed by atoms with van der Waals surface area (Å²) in [5, 5.41) is 8.64. The molecule has 3 N–H and O–H groups in total. The lowest BCUT2D eigenvalue weighted by Gasteiger charge is -2.34. The molecule has 13 heteroatoms. The van der Waals surface area contributed by atoms with Crippen molar-refractivity contribution in [3.8, 4) is 0 Å². The van der Waals surface area contributed by atoms with E-state index in [1.165, 1.54) is 0 Å². The molecule has 0 fully saturated rings. The third-order valence-corrected chi connectivity index (χ3v) is 14.6. The van der Waals surface area contributed by atoms with Crippen molar-refractivity contribution in [2.45, 2.75) is 77.3 Å². The van der Waals surface area contributed by atoms with E-state index < -0.39 is 16.6 Å². The molecule has 0 unspecified atom stereocenters. The number of nitrogens with zero attached hydrogens (tertiary/aromatic N) is 2. The minimum atomic E-state index is -1.82. The maximum absolute atomic E-state index is 12.5. The molecule has 0 aromatic rings. The van der Waals surface area contributed by atoms with Crippen LogP contribution in [0, 0.1) is 0 Å². The van der Waals surface area contributed by atoms with Crippen molar-refractivity contribution in [1.29, 1.82) is 0 Å². The highest BCUT2D eigenvalue weighted by Gasteiger charge is 2.32. The number of esters is 1. The van der Waals surface area contributed by atoms with E-state index in [0.29, 0.717) is 47.2 Å². The molecule has 0 spiro atoms.